The molecule has 0 radical (unpaired) electrons. The molecule has 1 atom stereocenters. The number of aromatic nitrogens is 1. The van der Waals surface area contributed by atoms with Crippen molar-refractivity contribution in [3.05, 3.63) is 42.1 Å². The van der Waals surface area contributed by atoms with Gasteiger partial charge in [-0.15, -0.1) is 0 Å². The topological polar surface area (TPSA) is 24.9 Å². The van der Waals surface area contributed by atoms with Crippen LogP contribution < -0.4 is 5.32 Å². The average molecular weight is 246 g/mol. The lowest BCUT2D eigenvalue weighted by molar-refractivity contribution is 0.292. The van der Waals surface area contributed by atoms with Crippen LogP contribution in [-0.4, -0.2) is 17.1 Å². The van der Waals surface area contributed by atoms with E-state index in [1.54, 1.807) is 6.20 Å². The minimum Gasteiger partial charge on any atom is -0.309 e. The van der Waals surface area contributed by atoms with Gasteiger partial charge in [-0.05, 0) is 44.5 Å². The number of benzene rings is 1. The third kappa shape index (κ3) is 3.26. The Morgan fingerprint density at radius 2 is 2.06 bits per heavy atom. The molecule has 96 valence electrons. The first-order valence-electron chi connectivity index (χ1n) is 6.19. The fourth-order valence-corrected chi connectivity index (χ4v) is 1.80. The van der Waals surface area contributed by atoms with E-state index in [0.29, 0.717) is 12.1 Å². The highest BCUT2D eigenvalue weighted by molar-refractivity contribution is 5.79. The van der Waals surface area contributed by atoms with Crippen LogP contribution in [-0.2, 0) is 0 Å². The SMILES string of the molecule is CC(C)(C)NCC(F)c1ccc2ncccc2c1. The number of pyridine rings is 1. The average Bonchev–Trinajstić information content (AvgIpc) is 2.34. The van der Waals surface area contributed by atoms with Crippen LogP contribution in [0.4, 0.5) is 4.39 Å². The zero-order valence-corrected chi connectivity index (χ0v) is 11.1. The molecule has 2 aromatic rings. The van der Waals surface area contributed by atoms with Gasteiger partial charge in [0.05, 0.1) is 5.52 Å². The molecule has 0 bridgehead atoms. The number of hydrogen-bond acceptors (Lipinski definition) is 2. The van der Waals surface area contributed by atoms with E-state index < -0.39 is 6.17 Å². The molecule has 3 heteroatoms. The summed E-state index contributed by atoms with van der Waals surface area (Å²) in [5.74, 6) is 0. The molecular formula is C15H19FN2. The highest BCUT2D eigenvalue weighted by Gasteiger charge is 2.15. The zero-order chi connectivity index (χ0) is 13.2. The number of fused-ring (bicyclic) bond motifs is 1. The maximum absolute atomic E-state index is 14.1. The molecule has 18 heavy (non-hydrogen) atoms. The molecule has 1 aromatic carbocycles. The summed E-state index contributed by atoms with van der Waals surface area (Å²) < 4.78 is 14.1. The van der Waals surface area contributed by atoms with Crippen LogP contribution in [0.1, 0.15) is 32.5 Å². The molecular weight excluding hydrogens is 227 g/mol. The van der Waals surface area contributed by atoms with Gasteiger partial charge in [0.2, 0.25) is 0 Å². The predicted octanol–water partition coefficient (Wildman–Crippen LogP) is 3.63. The molecule has 0 fully saturated rings. The van der Waals surface area contributed by atoms with Crippen LogP contribution in [0.5, 0.6) is 0 Å². The normalized spacial score (nSPS) is 13.8. The lowest BCUT2D eigenvalue weighted by atomic mass is 10.0. The standard InChI is InChI=1S/C15H19FN2/c1-15(2,3)18-10-13(16)11-6-7-14-12(9-11)5-4-8-17-14/h4-9,13,18H,10H2,1-3H3. The van der Waals surface area contributed by atoms with E-state index in [1.807, 2.05) is 51.1 Å². The van der Waals surface area contributed by atoms with Crippen LogP contribution in [0.3, 0.4) is 0 Å². The van der Waals surface area contributed by atoms with E-state index in [2.05, 4.69) is 10.3 Å². The fourth-order valence-electron chi connectivity index (χ4n) is 1.80. The van der Waals surface area contributed by atoms with E-state index in [1.165, 1.54) is 0 Å². The van der Waals surface area contributed by atoms with Crippen molar-refractivity contribution >= 4 is 10.9 Å². The number of nitrogens with zero attached hydrogens (tertiary/aromatic N) is 1. The second kappa shape index (κ2) is 5.02. The Hall–Kier alpha value is -1.48. The summed E-state index contributed by atoms with van der Waals surface area (Å²) in [5, 5.41) is 4.16. The van der Waals surface area contributed by atoms with Crippen molar-refractivity contribution in [2.24, 2.45) is 0 Å². The smallest absolute Gasteiger partial charge is 0.138 e. The van der Waals surface area contributed by atoms with Crippen LogP contribution >= 0.6 is 0 Å². The monoisotopic (exact) mass is 246 g/mol. The number of halogens is 1. The molecule has 0 aliphatic carbocycles. The first-order chi connectivity index (χ1) is 8.46. The van der Waals surface area contributed by atoms with Gasteiger partial charge in [0, 0.05) is 23.7 Å². The molecule has 2 nitrogen and oxygen atoms in total. The van der Waals surface area contributed by atoms with Gasteiger partial charge in [-0.25, -0.2) is 4.39 Å². The van der Waals surface area contributed by atoms with E-state index in [4.69, 9.17) is 0 Å². The summed E-state index contributed by atoms with van der Waals surface area (Å²) in [6.07, 6.45) is 0.754. The zero-order valence-electron chi connectivity index (χ0n) is 11.1. The van der Waals surface area contributed by atoms with Gasteiger partial charge < -0.3 is 5.32 Å². The quantitative estimate of drug-likeness (QED) is 0.894. The molecule has 0 saturated heterocycles. The van der Waals surface area contributed by atoms with Crippen LogP contribution in [0, 0.1) is 0 Å². The van der Waals surface area contributed by atoms with Crippen LogP contribution in [0.25, 0.3) is 10.9 Å². The van der Waals surface area contributed by atoms with Crippen LogP contribution in [0.2, 0.25) is 0 Å². The summed E-state index contributed by atoms with van der Waals surface area (Å²) in [6, 6.07) is 9.37. The summed E-state index contributed by atoms with van der Waals surface area (Å²) in [4.78, 5) is 4.23. The van der Waals surface area contributed by atoms with Gasteiger partial charge in [0.15, 0.2) is 0 Å². The first kappa shape index (κ1) is 13.0. The second-order valence-corrected chi connectivity index (χ2v) is 5.55. The molecule has 2 rings (SSSR count). The molecule has 0 aliphatic rings. The minimum atomic E-state index is -0.992. The lowest BCUT2D eigenvalue weighted by Crippen LogP contribution is -2.37. The number of alkyl halides is 1. The van der Waals surface area contributed by atoms with Gasteiger partial charge in [-0.2, -0.15) is 0 Å². The van der Waals surface area contributed by atoms with Gasteiger partial charge >= 0.3 is 0 Å². The third-order valence-electron chi connectivity index (χ3n) is 2.80. The summed E-state index contributed by atoms with van der Waals surface area (Å²) in [6.45, 7) is 6.42. The number of rotatable bonds is 3. The molecule has 1 N–H and O–H groups in total. The molecule has 1 aromatic heterocycles. The van der Waals surface area contributed by atoms with E-state index in [-0.39, 0.29) is 5.54 Å². The van der Waals surface area contributed by atoms with E-state index in [9.17, 15) is 4.39 Å². The first-order valence-corrected chi connectivity index (χ1v) is 6.19. The lowest BCUT2D eigenvalue weighted by Gasteiger charge is -2.22. The number of nitrogens with one attached hydrogen (secondary N) is 1. The van der Waals surface area contributed by atoms with Gasteiger partial charge in [-0.1, -0.05) is 12.1 Å². The van der Waals surface area contributed by atoms with Crippen molar-refractivity contribution in [1.29, 1.82) is 0 Å². The molecule has 1 heterocycles. The summed E-state index contributed by atoms with van der Waals surface area (Å²) in [5.41, 5.74) is 1.53. The van der Waals surface area contributed by atoms with Gasteiger partial charge in [0.1, 0.15) is 6.17 Å². The number of hydrogen-bond donors (Lipinski definition) is 1. The predicted molar refractivity (Wildman–Crippen MR) is 73.3 cm³/mol. The van der Waals surface area contributed by atoms with E-state index >= 15 is 0 Å². The Labute approximate surface area is 107 Å². The molecule has 0 spiro atoms. The Balaban J connectivity index is 2.15. The van der Waals surface area contributed by atoms with Crippen molar-refractivity contribution in [3.63, 3.8) is 0 Å². The van der Waals surface area contributed by atoms with Crippen LogP contribution in [0.15, 0.2) is 36.5 Å². The summed E-state index contributed by atoms with van der Waals surface area (Å²) in [7, 11) is 0. The second-order valence-electron chi connectivity index (χ2n) is 5.55. The van der Waals surface area contributed by atoms with Gasteiger partial charge in [0.25, 0.3) is 0 Å². The highest BCUT2D eigenvalue weighted by atomic mass is 19.1. The Morgan fingerprint density at radius 1 is 1.28 bits per heavy atom. The van der Waals surface area contributed by atoms with Crippen molar-refractivity contribution in [2.75, 3.05) is 6.54 Å². The van der Waals surface area contributed by atoms with Gasteiger partial charge in [-0.3, -0.25) is 4.98 Å². The minimum absolute atomic E-state index is 0.0667. The molecule has 0 amide bonds. The molecule has 0 saturated carbocycles. The largest absolute Gasteiger partial charge is 0.309 e. The Morgan fingerprint density at radius 3 is 2.78 bits per heavy atom. The Kier molecular flexibility index (Phi) is 3.62. The molecule has 0 aliphatic heterocycles. The highest BCUT2D eigenvalue weighted by Crippen LogP contribution is 2.21. The fraction of sp³-hybridized carbons (Fsp3) is 0.400. The van der Waals surface area contributed by atoms with Crippen molar-refractivity contribution < 1.29 is 4.39 Å². The Bertz CT molecular complexity index is 531. The maximum atomic E-state index is 14.1. The molecule has 1 unspecified atom stereocenters. The van der Waals surface area contributed by atoms with Crippen molar-refractivity contribution in [2.45, 2.75) is 32.5 Å². The van der Waals surface area contributed by atoms with Crippen molar-refractivity contribution in [1.82, 2.24) is 10.3 Å². The third-order valence-corrected chi connectivity index (χ3v) is 2.80. The summed E-state index contributed by atoms with van der Waals surface area (Å²) >= 11 is 0. The van der Waals surface area contributed by atoms with Crippen molar-refractivity contribution in [3.8, 4) is 0 Å². The van der Waals surface area contributed by atoms with E-state index in [0.717, 1.165) is 10.9 Å². The maximum Gasteiger partial charge on any atom is 0.138 e.